The van der Waals surface area contributed by atoms with Gasteiger partial charge >= 0.3 is 5.97 Å². The largest absolute Gasteiger partial charge is 0.507 e. The number of aromatic hydroxyl groups is 1. The highest BCUT2D eigenvalue weighted by atomic mass is 79.9. The molecule has 3 rings (SSSR count). The van der Waals surface area contributed by atoms with Gasteiger partial charge in [0.05, 0.1) is 24.3 Å². The van der Waals surface area contributed by atoms with Gasteiger partial charge in [0.15, 0.2) is 11.3 Å². The Kier molecular flexibility index (Phi) is 3.69. The summed E-state index contributed by atoms with van der Waals surface area (Å²) in [5.41, 5.74) is 0.194. The van der Waals surface area contributed by atoms with Gasteiger partial charge in [0.25, 0.3) is 0 Å². The lowest BCUT2D eigenvalue weighted by Gasteiger charge is -2.13. The standard InChI is InChI=1S/C15H10BrNO6/c1-21-13-10(19)3-6(15(20)22-2)12-14(13)23-11-5-9(18)7(16)4-8(11)17-12/h3-5,18H,1-2H3. The van der Waals surface area contributed by atoms with Crippen LogP contribution in [-0.2, 0) is 4.74 Å². The van der Waals surface area contributed by atoms with E-state index in [2.05, 4.69) is 25.7 Å². The Morgan fingerprint density at radius 1 is 1.30 bits per heavy atom. The molecule has 118 valence electrons. The summed E-state index contributed by atoms with van der Waals surface area (Å²) in [6, 6.07) is 3.98. The van der Waals surface area contributed by atoms with Gasteiger partial charge in [-0.2, -0.15) is 0 Å². The van der Waals surface area contributed by atoms with E-state index in [1.165, 1.54) is 26.4 Å². The maximum absolute atomic E-state index is 12.1. The highest BCUT2D eigenvalue weighted by Crippen LogP contribution is 2.36. The van der Waals surface area contributed by atoms with E-state index in [-0.39, 0.29) is 34.1 Å². The first-order valence-corrected chi connectivity index (χ1v) is 7.18. The minimum atomic E-state index is -0.713. The zero-order valence-electron chi connectivity index (χ0n) is 12.0. The number of phenols is 1. The van der Waals surface area contributed by atoms with Crippen LogP contribution in [-0.4, -0.2) is 30.3 Å². The van der Waals surface area contributed by atoms with Gasteiger partial charge in [0, 0.05) is 12.1 Å². The maximum Gasteiger partial charge on any atom is 0.340 e. The van der Waals surface area contributed by atoms with Crippen molar-refractivity contribution in [3.63, 3.8) is 0 Å². The smallest absolute Gasteiger partial charge is 0.340 e. The van der Waals surface area contributed by atoms with Crippen molar-refractivity contribution in [3.05, 3.63) is 38.5 Å². The van der Waals surface area contributed by atoms with Crippen LogP contribution in [0.2, 0.25) is 0 Å². The van der Waals surface area contributed by atoms with E-state index >= 15 is 0 Å². The summed E-state index contributed by atoms with van der Waals surface area (Å²) in [6.07, 6.45) is 0. The van der Waals surface area contributed by atoms with Crippen LogP contribution in [0.25, 0.3) is 22.6 Å². The van der Waals surface area contributed by atoms with Crippen LogP contribution in [0.15, 0.2) is 31.9 Å². The first kappa shape index (κ1) is 15.3. The third-order valence-electron chi connectivity index (χ3n) is 3.26. The summed E-state index contributed by atoms with van der Waals surface area (Å²) in [4.78, 5) is 28.3. The summed E-state index contributed by atoms with van der Waals surface area (Å²) >= 11 is 3.18. The molecule has 0 spiro atoms. The molecule has 1 N–H and O–H groups in total. The molecule has 23 heavy (non-hydrogen) atoms. The average molecular weight is 380 g/mol. The zero-order valence-corrected chi connectivity index (χ0v) is 13.6. The third-order valence-corrected chi connectivity index (χ3v) is 3.89. The maximum atomic E-state index is 12.1. The molecule has 1 aliphatic heterocycles. The fraction of sp³-hybridized carbons (Fsp3) is 0.133. The Labute approximate surface area is 137 Å². The summed E-state index contributed by atoms with van der Waals surface area (Å²) in [6.45, 7) is 0. The molecule has 0 amide bonds. The van der Waals surface area contributed by atoms with E-state index in [4.69, 9.17) is 9.15 Å². The number of esters is 1. The molecule has 0 radical (unpaired) electrons. The zero-order chi connectivity index (χ0) is 16.7. The second-order valence-corrected chi connectivity index (χ2v) is 5.46. The van der Waals surface area contributed by atoms with Crippen LogP contribution in [0.1, 0.15) is 10.4 Å². The molecule has 0 unspecified atom stereocenters. The molecule has 1 heterocycles. The van der Waals surface area contributed by atoms with Crippen LogP contribution in [0.5, 0.6) is 11.5 Å². The highest BCUT2D eigenvalue weighted by Gasteiger charge is 2.26. The second kappa shape index (κ2) is 5.54. The van der Waals surface area contributed by atoms with E-state index < -0.39 is 11.4 Å². The number of benzene rings is 2. The Morgan fingerprint density at radius 3 is 2.70 bits per heavy atom. The molecule has 2 aliphatic rings. The number of halogens is 1. The van der Waals surface area contributed by atoms with Crippen molar-refractivity contribution < 1.29 is 23.8 Å². The predicted molar refractivity (Wildman–Crippen MR) is 84.2 cm³/mol. The molecule has 7 nitrogen and oxygen atoms in total. The van der Waals surface area contributed by atoms with Crippen LogP contribution >= 0.6 is 15.9 Å². The molecule has 0 saturated carbocycles. The minimum Gasteiger partial charge on any atom is -0.507 e. The number of hydrogen-bond donors (Lipinski definition) is 1. The van der Waals surface area contributed by atoms with Crippen molar-refractivity contribution in [2.75, 3.05) is 14.2 Å². The minimum absolute atomic E-state index is 0.00891. The summed E-state index contributed by atoms with van der Waals surface area (Å²) < 4.78 is 15.8. The number of nitrogens with zero attached hydrogens (tertiary/aromatic N) is 1. The Morgan fingerprint density at radius 2 is 2.04 bits per heavy atom. The average Bonchev–Trinajstić information content (AvgIpc) is 2.53. The fourth-order valence-corrected chi connectivity index (χ4v) is 2.53. The van der Waals surface area contributed by atoms with Gasteiger partial charge in [-0.05, 0) is 22.0 Å². The van der Waals surface area contributed by atoms with Gasteiger partial charge in [0.2, 0.25) is 11.2 Å². The summed E-state index contributed by atoms with van der Waals surface area (Å²) in [7, 11) is 2.52. The molecule has 0 fully saturated rings. The first-order chi connectivity index (χ1) is 11.0. The van der Waals surface area contributed by atoms with E-state index in [0.717, 1.165) is 6.07 Å². The molecule has 1 aromatic rings. The molecule has 0 bridgehead atoms. The van der Waals surface area contributed by atoms with Crippen molar-refractivity contribution in [2.45, 2.75) is 0 Å². The predicted octanol–water partition coefficient (Wildman–Crippen LogP) is 2.56. The van der Waals surface area contributed by atoms with E-state index in [1.807, 2.05) is 0 Å². The van der Waals surface area contributed by atoms with Gasteiger partial charge in [-0.3, -0.25) is 4.79 Å². The quantitative estimate of drug-likeness (QED) is 0.539. The number of hydrogen-bond acceptors (Lipinski definition) is 7. The number of carbonyl (C=O) groups is 1. The lowest BCUT2D eigenvalue weighted by atomic mass is 10.1. The molecule has 0 saturated heterocycles. The second-order valence-electron chi connectivity index (χ2n) is 4.61. The normalized spacial score (nSPS) is 10.9. The van der Waals surface area contributed by atoms with E-state index in [0.29, 0.717) is 9.99 Å². The van der Waals surface area contributed by atoms with Gasteiger partial charge in [-0.1, -0.05) is 0 Å². The van der Waals surface area contributed by atoms with Crippen molar-refractivity contribution in [3.8, 4) is 23.0 Å². The van der Waals surface area contributed by atoms with Gasteiger partial charge in [0.1, 0.15) is 17.0 Å². The number of methoxy groups -OCH3 is 2. The van der Waals surface area contributed by atoms with Crippen LogP contribution in [0, 0.1) is 0 Å². The topological polar surface area (TPSA) is 98.9 Å². The number of rotatable bonds is 2. The Hall–Kier alpha value is -2.61. The lowest BCUT2D eigenvalue weighted by molar-refractivity contribution is 0.0601. The van der Waals surface area contributed by atoms with Crippen molar-refractivity contribution in [1.29, 1.82) is 0 Å². The number of fused-ring (bicyclic) bond motifs is 2. The number of aromatic nitrogens is 1. The van der Waals surface area contributed by atoms with Crippen LogP contribution in [0.4, 0.5) is 0 Å². The molecule has 0 atom stereocenters. The monoisotopic (exact) mass is 379 g/mol. The first-order valence-electron chi connectivity index (χ1n) is 6.38. The van der Waals surface area contributed by atoms with Crippen molar-refractivity contribution >= 4 is 33.0 Å². The molecule has 1 aromatic carbocycles. The number of phenolic OH excluding ortho intramolecular Hbond substituents is 1. The van der Waals surface area contributed by atoms with Gasteiger partial charge in [-0.15, -0.1) is 0 Å². The number of ether oxygens (including phenoxy) is 2. The molecular weight excluding hydrogens is 370 g/mol. The molecular formula is C15H10BrNO6. The van der Waals surface area contributed by atoms with Crippen molar-refractivity contribution in [1.82, 2.24) is 4.98 Å². The van der Waals surface area contributed by atoms with Gasteiger partial charge in [-0.25, -0.2) is 9.78 Å². The fourth-order valence-electron chi connectivity index (χ4n) is 2.20. The van der Waals surface area contributed by atoms with Gasteiger partial charge < -0.3 is 19.0 Å². The molecule has 0 aromatic heterocycles. The van der Waals surface area contributed by atoms with E-state index in [9.17, 15) is 14.7 Å². The Balaban J connectivity index is 2.49. The third kappa shape index (κ3) is 2.40. The highest BCUT2D eigenvalue weighted by molar-refractivity contribution is 9.10. The van der Waals surface area contributed by atoms with Crippen LogP contribution in [0.3, 0.4) is 0 Å². The van der Waals surface area contributed by atoms with Crippen molar-refractivity contribution in [2.24, 2.45) is 0 Å². The van der Waals surface area contributed by atoms with Crippen LogP contribution < -0.4 is 10.2 Å². The number of carbonyl (C=O) groups excluding carboxylic acids is 1. The SMILES string of the molecule is COC(=O)c1cc(=O)c(OC)c2oc3cc(O)c(Br)cc3nc1-2. The molecule has 1 aliphatic carbocycles. The molecule has 8 heteroatoms. The lowest BCUT2D eigenvalue weighted by Crippen LogP contribution is -2.15. The summed E-state index contributed by atoms with van der Waals surface area (Å²) in [5, 5.41) is 9.75. The van der Waals surface area contributed by atoms with E-state index in [1.54, 1.807) is 0 Å². The Bertz CT molecular complexity index is 964. The summed E-state index contributed by atoms with van der Waals surface area (Å²) in [5.74, 6) is -0.832.